The Morgan fingerprint density at radius 1 is 1.11 bits per heavy atom. The van der Waals surface area contributed by atoms with Crippen LogP contribution >= 0.6 is 0 Å². The van der Waals surface area contributed by atoms with Crippen molar-refractivity contribution in [3.8, 4) is 0 Å². The lowest BCUT2D eigenvalue weighted by molar-refractivity contribution is -0.139. The first kappa shape index (κ1) is 26.2. The number of hydrogen-bond donors (Lipinski definition) is 1. The third kappa shape index (κ3) is 5.27. The fourth-order valence-electron chi connectivity index (χ4n) is 5.50. The highest BCUT2D eigenvalue weighted by atomic mass is 19.3. The minimum atomic E-state index is -2.91. The monoisotopic (exact) mass is 528 g/mol. The number of benzene rings is 1. The molecule has 0 aliphatic carbocycles. The van der Waals surface area contributed by atoms with Crippen LogP contribution in [-0.4, -0.2) is 46.7 Å². The lowest BCUT2D eigenvalue weighted by Gasteiger charge is -2.35. The predicted molar refractivity (Wildman–Crippen MR) is 138 cm³/mol. The number of likely N-dealkylation sites (tertiary alicyclic amines) is 1. The topological polar surface area (TPSA) is 76.5 Å². The molecule has 2 aliphatic rings. The Balaban J connectivity index is 1.36. The van der Waals surface area contributed by atoms with E-state index in [9.17, 15) is 22.8 Å². The molecule has 0 unspecified atom stereocenters. The summed E-state index contributed by atoms with van der Waals surface area (Å²) in [6, 6.07) is 6.49. The summed E-state index contributed by atoms with van der Waals surface area (Å²) >= 11 is 0. The summed E-state index contributed by atoms with van der Waals surface area (Å²) in [6.45, 7) is 4.10. The van der Waals surface area contributed by atoms with Gasteiger partial charge in [-0.3, -0.25) is 14.6 Å². The lowest BCUT2D eigenvalue weighted by atomic mass is 9.96. The zero-order chi connectivity index (χ0) is 26.8. The average Bonchev–Trinajstić information content (AvgIpc) is 2.93. The van der Waals surface area contributed by atoms with Gasteiger partial charge in [-0.25, -0.2) is 13.2 Å². The summed E-state index contributed by atoms with van der Waals surface area (Å²) in [5.41, 5.74) is 0.413. The fourth-order valence-corrected chi connectivity index (χ4v) is 5.50. The number of rotatable bonds is 6. The van der Waals surface area contributed by atoms with Gasteiger partial charge >= 0.3 is 0 Å². The van der Waals surface area contributed by atoms with Crippen molar-refractivity contribution in [3.05, 3.63) is 70.0 Å². The second kappa shape index (κ2) is 11.1. The van der Waals surface area contributed by atoms with E-state index in [1.807, 2.05) is 4.90 Å². The molecule has 0 radical (unpaired) electrons. The van der Waals surface area contributed by atoms with E-state index in [0.29, 0.717) is 55.7 Å². The average molecular weight is 529 g/mol. The third-order valence-electron chi connectivity index (χ3n) is 7.68. The van der Waals surface area contributed by atoms with Gasteiger partial charge in [-0.05, 0) is 38.7 Å². The number of nitrogens with one attached hydrogen (secondary N) is 1. The molecule has 202 valence electrons. The first-order valence-electron chi connectivity index (χ1n) is 13.0. The van der Waals surface area contributed by atoms with Crippen molar-refractivity contribution in [2.75, 3.05) is 31.6 Å². The van der Waals surface area contributed by atoms with Crippen molar-refractivity contribution >= 4 is 22.5 Å². The molecule has 2 saturated heterocycles. The molecule has 0 bridgehead atoms. The van der Waals surface area contributed by atoms with Gasteiger partial charge in [0.15, 0.2) is 0 Å². The quantitative estimate of drug-likeness (QED) is 0.474. The molecule has 0 spiro atoms. The molecule has 1 amide bonds. The minimum absolute atomic E-state index is 0.0108. The number of halogens is 3. The second-order valence-corrected chi connectivity index (χ2v) is 10.0. The number of aromatic nitrogens is 2. The molecule has 7 nitrogen and oxygen atoms in total. The molecule has 2 fully saturated rings. The number of alkyl halides is 2. The molecular formula is C28H31F3N4O3. The number of carbonyl (C=O) groups excluding carboxylic acids is 1. The maximum absolute atomic E-state index is 14.7. The molecule has 2 aromatic heterocycles. The van der Waals surface area contributed by atoms with Crippen molar-refractivity contribution in [1.29, 1.82) is 0 Å². The lowest BCUT2D eigenvalue weighted by Crippen LogP contribution is -2.44. The number of fused-ring (bicyclic) bond motifs is 1. The normalized spacial score (nSPS) is 18.2. The van der Waals surface area contributed by atoms with Gasteiger partial charge in [0.2, 0.25) is 5.91 Å². The van der Waals surface area contributed by atoms with Gasteiger partial charge < -0.3 is 19.5 Å². The van der Waals surface area contributed by atoms with Gasteiger partial charge in [-0.2, -0.15) is 0 Å². The van der Waals surface area contributed by atoms with Crippen LogP contribution in [0.15, 0.2) is 47.5 Å². The van der Waals surface area contributed by atoms with Crippen LogP contribution in [0.3, 0.4) is 0 Å². The maximum atomic E-state index is 14.7. The molecule has 0 saturated carbocycles. The molecule has 1 aromatic carbocycles. The fraction of sp³-hybridized carbons (Fsp3) is 0.464. The maximum Gasteiger partial charge on any atom is 0.266 e. The van der Waals surface area contributed by atoms with Crippen LogP contribution in [0.25, 0.3) is 10.9 Å². The SMILES string of the molecule is C[C@@H](Nc1ccnc2cc(=O)n(C3CCN(C(=O)C4CCOCC4)CC3)cc12)c1cccc(C(F)F)c1F. The molecule has 5 rings (SSSR count). The molecule has 38 heavy (non-hydrogen) atoms. The summed E-state index contributed by atoms with van der Waals surface area (Å²) in [5.74, 6) is -0.748. The molecular weight excluding hydrogens is 497 g/mol. The van der Waals surface area contributed by atoms with Crippen molar-refractivity contribution in [1.82, 2.24) is 14.5 Å². The number of piperidine rings is 1. The van der Waals surface area contributed by atoms with Crippen molar-refractivity contribution < 1.29 is 22.7 Å². The number of pyridine rings is 2. The summed E-state index contributed by atoms with van der Waals surface area (Å²) in [4.78, 5) is 32.1. The predicted octanol–water partition coefficient (Wildman–Crippen LogP) is 5.24. The largest absolute Gasteiger partial charge is 0.381 e. The number of anilines is 1. The highest BCUT2D eigenvalue weighted by molar-refractivity contribution is 5.90. The van der Waals surface area contributed by atoms with Gasteiger partial charge in [-0.1, -0.05) is 18.2 Å². The van der Waals surface area contributed by atoms with Crippen molar-refractivity contribution in [3.63, 3.8) is 0 Å². The van der Waals surface area contributed by atoms with E-state index in [0.717, 1.165) is 18.9 Å². The zero-order valence-corrected chi connectivity index (χ0v) is 21.2. The Bertz CT molecular complexity index is 1370. The van der Waals surface area contributed by atoms with E-state index in [-0.39, 0.29) is 29.0 Å². The highest BCUT2D eigenvalue weighted by Gasteiger charge is 2.30. The van der Waals surface area contributed by atoms with Gasteiger partial charge in [0.05, 0.1) is 17.1 Å². The van der Waals surface area contributed by atoms with Crippen molar-refractivity contribution in [2.24, 2.45) is 5.92 Å². The third-order valence-corrected chi connectivity index (χ3v) is 7.68. The molecule has 1 atom stereocenters. The Hall–Kier alpha value is -3.40. The van der Waals surface area contributed by atoms with Crippen LogP contribution in [-0.2, 0) is 9.53 Å². The number of nitrogens with zero attached hydrogens (tertiary/aromatic N) is 3. The summed E-state index contributed by atoms with van der Waals surface area (Å²) in [7, 11) is 0. The smallest absolute Gasteiger partial charge is 0.266 e. The summed E-state index contributed by atoms with van der Waals surface area (Å²) in [5, 5.41) is 3.88. The van der Waals surface area contributed by atoms with Crippen LogP contribution in [0.1, 0.15) is 62.2 Å². The first-order chi connectivity index (χ1) is 18.3. The number of carbonyl (C=O) groups is 1. The van der Waals surface area contributed by atoms with Crippen LogP contribution < -0.4 is 10.9 Å². The Morgan fingerprint density at radius 2 is 1.82 bits per heavy atom. The van der Waals surface area contributed by atoms with E-state index in [4.69, 9.17) is 4.74 Å². The molecule has 4 heterocycles. The first-order valence-corrected chi connectivity index (χ1v) is 13.0. The summed E-state index contributed by atoms with van der Waals surface area (Å²) in [6.07, 6.45) is 3.22. The Labute approximate surface area is 218 Å². The highest BCUT2D eigenvalue weighted by Crippen LogP contribution is 2.31. The Kier molecular flexibility index (Phi) is 7.69. The van der Waals surface area contributed by atoms with Gasteiger partial charge in [0, 0.05) is 73.4 Å². The van der Waals surface area contributed by atoms with Crippen LogP contribution in [0.2, 0.25) is 0 Å². The van der Waals surface area contributed by atoms with Gasteiger partial charge in [-0.15, -0.1) is 0 Å². The Morgan fingerprint density at radius 3 is 2.53 bits per heavy atom. The van der Waals surface area contributed by atoms with Gasteiger partial charge in [0.25, 0.3) is 12.0 Å². The van der Waals surface area contributed by atoms with Crippen LogP contribution in [0.4, 0.5) is 18.9 Å². The number of hydrogen-bond acceptors (Lipinski definition) is 5. The molecule has 2 aliphatic heterocycles. The van der Waals surface area contributed by atoms with E-state index in [1.54, 1.807) is 30.0 Å². The van der Waals surface area contributed by atoms with Gasteiger partial charge in [0.1, 0.15) is 5.82 Å². The van der Waals surface area contributed by atoms with Crippen LogP contribution in [0.5, 0.6) is 0 Å². The zero-order valence-electron chi connectivity index (χ0n) is 21.2. The second-order valence-electron chi connectivity index (χ2n) is 10.0. The van der Waals surface area contributed by atoms with Crippen LogP contribution in [0, 0.1) is 11.7 Å². The number of ether oxygens (including phenoxy) is 1. The van der Waals surface area contributed by atoms with E-state index in [1.165, 1.54) is 18.2 Å². The minimum Gasteiger partial charge on any atom is -0.381 e. The van der Waals surface area contributed by atoms with E-state index < -0.39 is 23.8 Å². The standard InChI is InChI=1S/C28H31F3N4O3/c1-17(20-3-2-4-21(26(20)29)27(30)31)33-23-5-10-32-24-15-25(36)35(16-22(23)24)19-6-11-34(12-7-19)28(37)18-8-13-38-14-9-18/h2-5,10,15-19,27,33H,6-9,11-14H2,1H3/t17-/m1/s1. The molecule has 10 heteroatoms. The van der Waals surface area contributed by atoms with E-state index in [2.05, 4.69) is 10.3 Å². The summed E-state index contributed by atoms with van der Waals surface area (Å²) < 4.78 is 48.2. The van der Waals surface area contributed by atoms with E-state index >= 15 is 0 Å². The molecule has 1 N–H and O–H groups in total. The molecule has 3 aromatic rings. The number of amides is 1. The van der Waals surface area contributed by atoms with Crippen molar-refractivity contribution in [2.45, 2.75) is 51.1 Å².